The number of benzene rings is 3. The van der Waals surface area contributed by atoms with E-state index in [4.69, 9.17) is 9.47 Å². The van der Waals surface area contributed by atoms with E-state index < -0.39 is 6.04 Å². The average Bonchev–Trinajstić information content (AvgIpc) is 3.09. The number of carbonyl (C=O) groups excluding carboxylic acids is 3. The van der Waals surface area contributed by atoms with E-state index in [1.165, 1.54) is 0 Å². The number of nitrogens with one attached hydrogen (secondary N) is 2. The maximum atomic E-state index is 14.4. The Bertz CT molecular complexity index is 1580. The molecule has 0 fully saturated rings. The van der Waals surface area contributed by atoms with Gasteiger partial charge in [-0.15, -0.1) is 0 Å². The van der Waals surface area contributed by atoms with Crippen LogP contribution in [0.4, 0.5) is 16.2 Å². The zero-order valence-electron chi connectivity index (χ0n) is 30.5. The first-order chi connectivity index (χ1) is 24.0. The van der Waals surface area contributed by atoms with E-state index in [1.807, 2.05) is 75.3 Å². The normalized spacial score (nSPS) is 19.6. The molecule has 4 rings (SSSR count). The molecule has 11 nitrogen and oxygen atoms in total. The predicted molar refractivity (Wildman–Crippen MR) is 199 cm³/mol. The molecule has 0 bridgehead atoms. The van der Waals surface area contributed by atoms with Gasteiger partial charge in [-0.1, -0.05) is 43.3 Å². The third kappa shape index (κ3) is 10.9. The van der Waals surface area contributed by atoms with Crippen LogP contribution in [0.1, 0.15) is 63.2 Å². The molecule has 3 aromatic rings. The highest BCUT2D eigenvalue weighted by Crippen LogP contribution is 2.29. The highest BCUT2D eigenvalue weighted by molar-refractivity contribution is 6.02. The summed E-state index contributed by atoms with van der Waals surface area (Å²) >= 11 is 0. The van der Waals surface area contributed by atoms with Gasteiger partial charge in [0.1, 0.15) is 5.75 Å². The largest absolute Gasteiger partial charge is 0.490 e. The quantitative estimate of drug-likeness (QED) is 0.236. The number of rotatable bonds is 10. The van der Waals surface area contributed by atoms with Crippen LogP contribution < -0.4 is 15.4 Å². The molecule has 0 unspecified atom stereocenters. The summed E-state index contributed by atoms with van der Waals surface area (Å²) in [6, 6.07) is 18.1. The Hall–Kier alpha value is -4.19. The Balaban J connectivity index is 1.56. The number of fused-ring (bicyclic) bond motifs is 2. The van der Waals surface area contributed by atoms with Gasteiger partial charge >= 0.3 is 6.03 Å². The van der Waals surface area contributed by atoms with Crippen LogP contribution in [0.5, 0.6) is 5.75 Å². The van der Waals surface area contributed by atoms with Crippen LogP contribution in [0.3, 0.4) is 0 Å². The number of urea groups is 1. The van der Waals surface area contributed by atoms with Crippen LogP contribution in [0.25, 0.3) is 10.8 Å². The lowest BCUT2D eigenvalue weighted by atomic mass is 10.0. The van der Waals surface area contributed by atoms with E-state index >= 15 is 0 Å². The van der Waals surface area contributed by atoms with Gasteiger partial charge in [-0.2, -0.15) is 0 Å². The molecule has 272 valence electrons. The molecule has 0 aliphatic carbocycles. The molecule has 1 heterocycles. The summed E-state index contributed by atoms with van der Waals surface area (Å²) in [4.78, 5) is 45.9. The standard InChI is InChI=1S/C39H55N5O6/c1-27-24-44(28(2)26-45)38(47)33-23-31(40-37(46)18-12-21-42(4)5)19-20-35(33)50-29(3)13-9-10-22-49-36(27)25-43(6)39(48)41-34-17-11-15-30-14-7-8-16-32(30)34/h7-8,11,14-17,19-20,23,27-29,36,45H,9-10,12-13,18,21-22,24-26H2,1-6H3,(H,40,46)(H,41,48)/t27-,28+,29-,36+/m0/s1. The summed E-state index contributed by atoms with van der Waals surface area (Å²) in [5.74, 6) is -0.212. The van der Waals surface area contributed by atoms with Gasteiger partial charge in [0.25, 0.3) is 5.91 Å². The first kappa shape index (κ1) is 38.6. The SMILES string of the molecule is C[C@H](CO)N1C[C@H](C)[C@@H](CN(C)C(=O)Nc2cccc3ccccc23)OCCCC[C@H](C)Oc2ccc(NC(=O)CCCN(C)C)cc2C1=O. The number of anilines is 2. The van der Waals surface area contributed by atoms with Crippen molar-refractivity contribution in [1.82, 2.24) is 14.7 Å². The van der Waals surface area contributed by atoms with Gasteiger partial charge in [-0.25, -0.2) is 4.79 Å². The van der Waals surface area contributed by atoms with Crippen LogP contribution in [-0.2, 0) is 9.53 Å². The molecule has 1 aliphatic heterocycles. The summed E-state index contributed by atoms with van der Waals surface area (Å²) in [7, 11) is 5.68. The molecular formula is C39H55N5O6. The molecule has 4 atom stereocenters. The zero-order chi connectivity index (χ0) is 36.2. The molecule has 1 aliphatic rings. The molecule has 3 N–H and O–H groups in total. The van der Waals surface area contributed by atoms with Crippen LogP contribution >= 0.6 is 0 Å². The van der Waals surface area contributed by atoms with Crippen molar-refractivity contribution in [3.63, 3.8) is 0 Å². The maximum Gasteiger partial charge on any atom is 0.321 e. The van der Waals surface area contributed by atoms with Crippen LogP contribution in [0.2, 0.25) is 0 Å². The highest BCUT2D eigenvalue weighted by atomic mass is 16.5. The second-order valence-electron chi connectivity index (χ2n) is 13.8. The third-order valence-corrected chi connectivity index (χ3v) is 9.18. The minimum atomic E-state index is -0.513. The summed E-state index contributed by atoms with van der Waals surface area (Å²) in [6.07, 6.45) is 2.94. The topological polar surface area (TPSA) is 124 Å². The van der Waals surface area contributed by atoms with Crippen molar-refractivity contribution in [3.8, 4) is 5.75 Å². The number of likely N-dealkylation sites (N-methyl/N-ethyl adjacent to an activating group) is 1. The van der Waals surface area contributed by atoms with Crippen LogP contribution in [-0.4, -0.2) is 110 Å². The summed E-state index contributed by atoms with van der Waals surface area (Å²) in [5, 5.41) is 18.3. The first-order valence-electron chi connectivity index (χ1n) is 17.7. The number of carbonyl (C=O) groups is 3. The lowest BCUT2D eigenvalue weighted by Gasteiger charge is -2.35. The lowest BCUT2D eigenvalue weighted by Crippen LogP contribution is -2.48. The first-order valence-corrected chi connectivity index (χ1v) is 17.7. The number of aliphatic hydroxyl groups excluding tert-OH is 1. The van der Waals surface area contributed by atoms with E-state index in [1.54, 1.807) is 42.0 Å². The molecule has 0 spiro atoms. The Morgan fingerprint density at radius 3 is 2.54 bits per heavy atom. The van der Waals surface area contributed by atoms with Crippen molar-refractivity contribution in [2.45, 2.75) is 71.1 Å². The Kier molecular flexibility index (Phi) is 14.4. The molecule has 11 heteroatoms. The fourth-order valence-corrected chi connectivity index (χ4v) is 6.14. The van der Waals surface area contributed by atoms with Crippen molar-refractivity contribution < 1.29 is 29.0 Å². The second-order valence-corrected chi connectivity index (χ2v) is 13.8. The fraction of sp³-hybridized carbons (Fsp3) is 0.513. The number of nitrogens with zero attached hydrogens (tertiary/aromatic N) is 3. The number of hydrogen-bond acceptors (Lipinski definition) is 7. The van der Waals surface area contributed by atoms with Crippen molar-refractivity contribution in [2.24, 2.45) is 5.92 Å². The zero-order valence-corrected chi connectivity index (χ0v) is 30.5. The van der Waals surface area contributed by atoms with E-state index in [-0.39, 0.29) is 49.1 Å². The number of aliphatic hydroxyl groups is 1. The molecule has 0 saturated carbocycles. The lowest BCUT2D eigenvalue weighted by molar-refractivity contribution is -0.116. The Morgan fingerprint density at radius 1 is 1.02 bits per heavy atom. The predicted octanol–water partition coefficient (Wildman–Crippen LogP) is 6.08. The van der Waals surface area contributed by atoms with Crippen molar-refractivity contribution >= 4 is 40.0 Å². The van der Waals surface area contributed by atoms with E-state index in [0.717, 1.165) is 42.3 Å². The van der Waals surface area contributed by atoms with Gasteiger partial charge in [0.15, 0.2) is 0 Å². The van der Waals surface area contributed by atoms with Crippen LogP contribution in [0.15, 0.2) is 60.7 Å². The minimum Gasteiger partial charge on any atom is -0.490 e. The fourth-order valence-electron chi connectivity index (χ4n) is 6.14. The molecular weight excluding hydrogens is 634 g/mol. The van der Waals surface area contributed by atoms with E-state index in [9.17, 15) is 19.5 Å². The highest BCUT2D eigenvalue weighted by Gasteiger charge is 2.31. The molecule has 0 radical (unpaired) electrons. The van der Waals surface area contributed by atoms with Gasteiger partial charge in [0, 0.05) is 50.2 Å². The van der Waals surface area contributed by atoms with Gasteiger partial charge in [0.05, 0.1) is 36.1 Å². The smallest absolute Gasteiger partial charge is 0.321 e. The van der Waals surface area contributed by atoms with Crippen molar-refractivity contribution in [3.05, 3.63) is 66.2 Å². The molecule has 0 saturated heterocycles. The van der Waals surface area contributed by atoms with E-state index in [2.05, 4.69) is 10.6 Å². The molecule has 50 heavy (non-hydrogen) atoms. The average molecular weight is 690 g/mol. The minimum absolute atomic E-state index is 0.128. The number of ether oxygens (including phenoxy) is 2. The molecule has 0 aromatic heterocycles. The molecule has 4 amide bonds. The van der Waals surface area contributed by atoms with Gasteiger partial charge in [0.2, 0.25) is 5.91 Å². The van der Waals surface area contributed by atoms with E-state index in [0.29, 0.717) is 43.0 Å². The number of hydrogen-bond donors (Lipinski definition) is 3. The van der Waals surface area contributed by atoms with Crippen LogP contribution in [0, 0.1) is 5.92 Å². The second kappa shape index (κ2) is 18.7. The van der Waals surface area contributed by atoms with Gasteiger partial charge < -0.3 is 39.9 Å². The van der Waals surface area contributed by atoms with Gasteiger partial charge in [-0.05, 0) is 89.8 Å². The molecule has 3 aromatic carbocycles. The van der Waals surface area contributed by atoms with Crippen molar-refractivity contribution in [1.29, 1.82) is 0 Å². The third-order valence-electron chi connectivity index (χ3n) is 9.18. The number of amides is 4. The Labute approximate surface area is 296 Å². The van der Waals surface area contributed by atoms with Gasteiger partial charge in [-0.3, -0.25) is 9.59 Å². The Morgan fingerprint density at radius 2 is 1.78 bits per heavy atom. The van der Waals surface area contributed by atoms with Crippen molar-refractivity contribution in [2.75, 3.05) is 64.6 Å². The summed E-state index contributed by atoms with van der Waals surface area (Å²) < 4.78 is 12.7. The monoisotopic (exact) mass is 689 g/mol. The summed E-state index contributed by atoms with van der Waals surface area (Å²) in [5.41, 5.74) is 1.55. The summed E-state index contributed by atoms with van der Waals surface area (Å²) in [6.45, 7) is 7.39. The maximum absolute atomic E-state index is 14.4.